The fourth-order valence-corrected chi connectivity index (χ4v) is 3.33. The number of hydrogen-bond acceptors (Lipinski definition) is 4. The van der Waals surface area contributed by atoms with Crippen molar-refractivity contribution in [2.75, 3.05) is 19.6 Å². The zero-order chi connectivity index (χ0) is 16.2. The van der Waals surface area contributed by atoms with Crippen molar-refractivity contribution in [2.45, 2.75) is 24.7 Å². The molecule has 0 radical (unpaired) electrons. The predicted octanol–water partition coefficient (Wildman–Crippen LogP) is 0.711. The molecule has 0 aromatic heterocycles. The third kappa shape index (κ3) is 4.14. The maximum Gasteiger partial charge on any atom is 0.241 e. The third-order valence-electron chi connectivity index (χ3n) is 3.83. The number of amides is 1. The minimum atomic E-state index is -3.68. The lowest BCUT2D eigenvalue weighted by Gasteiger charge is -2.29. The van der Waals surface area contributed by atoms with Crippen LogP contribution in [0.15, 0.2) is 29.2 Å². The monoisotopic (exact) mass is 324 g/mol. The summed E-state index contributed by atoms with van der Waals surface area (Å²) in [5.41, 5.74) is 0.966. The molecule has 0 unspecified atom stereocenters. The lowest BCUT2D eigenvalue weighted by atomic mass is 9.99. The molecule has 120 valence electrons. The quantitative estimate of drug-likeness (QED) is 0.809. The molecule has 1 aromatic rings. The van der Waals surface area contributed by atoms with E-state index in [1.165, 1.54) is 12.1 Å². The second kappa shape index (κ2) is 7.02. The molecular formula is C15H20N2O4S. The summed E-state index contributed by atoms with van der Waals surface area (Å²) in [4.78, 5) is 24.5. The van der Waals surface area contributed by atoms with Crippen LogP contribution in [0, 0.1) is 12.8 Å². The number of nitrogens with one attached hydrogen (secondary N) is 1. The largest absolute Gasteiger partial charge is 0.342 e. The molecule has 7 heteroatoms. The van der Waals surface area contributed by atoms with Crippen molar-refractivity contribution in [1.82, 2.24) is 9.62 Å². The molecule has 0 spiro atoms. The standard InChI is InChI=1S/C15H20N2O4S/c1-12-2-4-14(5-3-12)22(20,21)16-10-15(19)17-8-6-13(11-18)7-9-17/h2-5,11,13,16H,6-10H2,1H3. The van der Waals surface area contributed by atoms with E-state index in [0.717, 1.165) is 11.8 Å². The van der Waals surface area contributed by atoms with Crippen LogP contribution in [0.2, 0.25) is 0 Å². The van der Waals surface area contributed by atoms with Gasteiger partial charge in [0.1, 0.15) is 6.29 Å². The Bertz CT molecular complexity index is 632. The number of carbonyl (C=O) groups is 2. The van der Waals surface area contributed by atoms with Gasteiger partial charge in [-0.15, -0.1) is 0 Å². The minimum Gasteiger partial charge on any atom is -0.342 e. The van der Waals surface area contributed by atoms with Crippen molar-refractivity contribution in [3.63, 3.8) is 0 Å². The lowest BCUT2D eigenvalue weighted by Crippen LogP contribution is -2.44. The van der Waals surface area contributed by atoms with Gasteiger partial charge in [-0.1, -0.05) is 17.7 Å². The highest BCUT2D eigenvalue weighted by Crippen LogP contribution is 2.15. The summed E-state index contributed by atoms with van der Waals surface area (Å²) in [7, 11) is -3.68. The predicted molar refractivity (Wildman–Crippen MR) is 81.7 cm³/mol. The van der Waals surface area contributed by atoms with Crippen LogP contribution in [-0.4, -0.2) is 45.1 Å². The molecule has 0 saturated carbocycles. The van der Waals surface area contributed by atoms with Gasteiger partial charge in [-0.05, 0) is 31.9 Å². The zero-order valence-electron chi connectivity index (χ0n) is 12.5. The highest BCUT2D eigenvalue weighted by Gasteiger charge is 2.23. The number of aldehydes is 1. The van der Waals surface area contributed by atoms with Crippen molar-refractivity contribution in [3.05, 3.63) is 29.8 Å². The first-order chi connectivity index (χ1) is 10.4. The number of likely N-dealkylation sites (tertiary alicyclic amines) is 1. The van der Waals surface area contributed by atoms with Crippen LogP contribution in [0.3, 0.4) is 0 Å². The lowest BCUT2D eigenvalue weighted by molar-refractivity contribution is -0.132. The summed E-state index contributed by atoms with van der Waals surface area (Å²) < 4.78 is 26.5. The average molecular weight is 324 g/mol. The number of sulfonamides is 1. The summed E-state index contributed by atoms with van der Waals surface area (Å²) in [6.07, 6.45) is 2.20. The molecule has 1 heterocycles. The van der Waals surface area contributed by atoms with Crippen molar-refractivity contribution < 1.29 is 18.0 Å². The van der Waals surface area contributed by atoms with E-state index in [4.69, 9.17) is 0 Å². The van der Waals surface area contributed by atoms with Crippen molar-refractivity contribution >= 4 is 22.2 Å². The Morgan fingerprint density at radius 2 is 1.86 bits per heavy atom. The number of aryl methyl sites for hydroxylation is 1. The van der Waals surface area contributed by atoms with Gasteiger partial charge < -0.3 is 9.69 Å². The molecule has 1 saturated heterocycles. The van der Waals surface area contributed by atoms with Gasteiger partial charge in [-0.2, -0.15) is 0 Å². The molecule has 0 atom stereocenters. The van der Waals surface area contributed by atoms with Crippen LogP contribution in [0.25, 0.3) is 0 Å². The van der Waals surface area contributed by atoms with E-state index >= 15 is 0 Å². The third-order valence-corrected chi connectivity index (χ3v) is 5.25. The van der Waals surface area contributed by atoms with Gasteiger partial charge in [0.25, 0.3) is 0 Å². The van der Waals surface area contributed by atoms with Crippen molar-refractivity contribution in [1.29, 1.82) is 0 Å². The first-order valence-electron chi connectivity index (χ1n) is 7.22. The number of rotatable bonds is 5. The highest BCUT2D eigenvalue weighted by molar-refractivity contribution is 7.89. The first-order valence-corrected chi connectivity index (χ1v) is 8.70. The molecule has 1 N–H and O–H groups in total. The minimum absolute atomic E-state index is 0.00769. The van der Waals surface area contributed by atoms with E-state index in [1.54, 1.807) is 17.0 Å². The van der Waals surface area contributed by atoms with E-state index in [-0.39, 0.29) is 23.3 Å². The summed E-state index contributed by atoms with van der Waals surface area (Å²) in [5.74, 6) is -0.256. The van der Waals surface area contributed by atoms with Crippen LogP contribution < -0.4 is 4.72 Å². The average Bonchev–Trinajstić information content (AvgIpc) is 2.53. The Balaban J connectivity index is 1.90. The number of carbonyl (C=O) groups excluding carboxylic acids is 2. The second-order valence-corrected chi connectivity index (χ2v) is 7.26. The molecule has 1 aliphatic rings. The van der Waals surface area contributed by atoms with E-state index < -0.39 is 10.0 Å². The summed E-state index contributed by atoms with van der Waals surface area (Å²) in [6, 6.07) is 6.44. The Morgan fingerprint density at radius 1 is 1.27 bits per heavy atom. The van der Waals surface area contributed by atoms with Crippen LogP contribution in [0.5, 0.6) is 0 Å². The van der Waals surface area contributed by atoms with Gasteiger partial charge in [0.05, 0.1) is 11.4 Å². The van der Waals surface area contributed by atoms with Crippen LogP contribution in [-0.2, 0) is 19.6 Å². The number of piperidine rings is 1. The van der Waals surface area contributed by atoms with Crippen LogP contribution in [0.1, 0.15) is 18.4 Å². The molecule has 6 nitrogen and oxygen atoms in total. The molecule has 1 fully saturated rings. The molecule has 0 aliphatic carbocycles. The van der Waals surface area contributed by atoms with E-state index in [9.17, 15) is 18.0 Å². The Morgan fingerprint density at radius 3 is 2.41 bits per heavy atom. The molecule has 2 rings (SSSR count). The molecule has 1 aliphatic heterocycles. The molecular weight excluding hydrogens is 304 g/mol. The second-order valence-electron chi connectivity index (χ2n) is 5.49. The normalized spacial score (nSPS) is 16.5. The van der Waals surface area contributed by atoms with Crippen LogP contribution >= 0.6 is 0 Å². The van der Waals surface area contributed by atoms with Gasteiger partial charge >= 0.3 is 0 Å². The SMILES string of the molecule is Cc1ccc(S(=O)(=O)NCC(=O)N2CCC(C=O)CC2)cc1. The fourth-order valence-electron chi connectivity index (χ4n) is 2.35. The summed E-state index contributed by atoms with van der Waals surface area (Å²) in [6.45, 7) is 2.60. The van der Waals surface area contributed by atoms with Crippen LogP contribution in [0.4, 0.5) is 0 Å². The van der Waals surface area contributed by atoms with Gasteiger partial charge in [-0.25, -0.2) is 13.1 Å². The zero-order valence-corrected chi connectivity index (χ0v) is 13.3. The molecule has 1 aromatic carbocycles. The summed E-state index contributed by atoms with van der Waals surface area (Å²) in [5, 5.41) is 0. The highest BCUT2D eigenvalue weighted by atomic mass is 32.2. The Labute approximate surface area is 130 Å². The number of hydrogen-bond donors (Lipinski definition) is 1. The smallest absolute Gasteiger partial charge is 0.241 e. The van der Waals surface area contributed by atoms with Crippen molar-refractivity contribution in [3.8, 4) is 0 Å². The maximum absolute atomic E-state index is 12.1. The first kappa shape index (κ1) is 16.6. The number of benzene rings is 1. The van der Waals surface area contributed by atoms with Gasteiger partial charge in [0.15, 0.2) is 0 Å². The fraction of sp³-hybridized carbons (Fsp3) is 0.467. The maximum atomic E-state index is 12.1. The van der Waals surface area contributed by atoms with Crippen molar-refractivity contribution in [2.24, 2.45) is 5.92 Å². The van der Waals surface area contributed by atoms with E-state index in [0.29, 0.717) is 25.9 Å². The molecule has 22 heavy (non-hydrogen) atoms. The topological polar surface area (TPSA) is 83.6 Å². The Kier molecular flexibility index (Phi) is 5.31. The van der Waals surface area contributed by atoms with Gasteiger partial charge in [0, 0.05) is 19.0 Å². The Hall–Kier alpha value is -1.73. The summed E-state index contributed by atoms with van der Waals surface area (Å²) >= 11 is 0. The van der Waals surface area contributed by atoms with E-state index in [1.807, 2.05) is 6.92 Å². The van der Waals surface area contributed by atoms with Gasteiger partial charge in [0.2, 0.25) is 15.9 Å². The van der Waals surface area contributed by atoms with E-state index in [2.05, 4.69) is 4.72 Å². The molecule has 1 amide bonds. The van der Waals surface area contributed by atoms with Gasteiger partial charge in [-0.3, -0.25) is 4.79 Å². The molecule has 0 bridgehead atoms. The number of nitrogens with zero attached hydrogens (tertiary/aromatic N) is 1.